The SMILES string of the molecule is OC[C@H]1O[C@@H](n2ccc3c(Cl)ncnc32)[C@@H](F)[C@H]1O. The van der Waals surface area contributed by atoms with Gasteiger partial charge in [0, 0.05) is 6.20 Å². The summed E-state index contributed by atoms with van der Waals surface area (Å²) >= 11 is 5.91. The van der Waals surface area contributed by atoms with Crippen LogP contribution in [0.5, 0.6) is 0 Å². The number of nitrogens with zero attached hydrogens (tertiary/aromatic N) is 3. The zero-order valence-corrected chi connectivity index (χ0v) is 10.4. The normalized spacial score (nSPS) is 31.2. The summed E-state index contributed by atoms with van der Waals surface area (Å²) in [5, 5.41) is 19.5. The van der Waals surface area contributed by atoms with E-state index < -0.39 is 31.2 Å². The van der Waals surface area contributed by atoms with Crippen molar-refractivity contribution >= 4 is 22.6 Å². The van der Waals surface area contributed by atoms with Crippen LogP contribution >= 0.6 is 11.6 Å². The molecule has 102 valence electrons. The molecule has 0 unspecified atom stereocenters. The Kier molecular flexibility index (Phi) is 3.14. The highest BCUT2D eigenvalue weighted by Crippen LogP contribution is 2.34. The van der Waals surface area contributed by atoms with Crippen LogP contribution in [0.1, 0.15) is 6.23 Å². The summed E-state index contributed by atoms with van der Waals surface area (Å²) in [5.74, 6) is 0. The maximum Gasteiger partial charge on any atom is 0.173 e. The molecule has 1 saturated heterocycles. The molecule has 0 aliphatic carbocycles. The number of aliphatic hydroxyl groups excluding tert-OH is 2. The summed E-state index contributed by atoms with van der Waals surface area (Å²) < 4.78 is 20.8. The standard InChI is InChI=1S/C11H11ClFN3O3/c12-9-5-1-2-16(10(5)15-4-14-9)11-7(13)8(18)6(3-17)19-11/h1-2,4,6-8,11,17-18H,3H2/t6-,7+,8+,11-/m1/s1. The third kappa shape index (κ3) is 1.90. The Hall–Kier alpha value is -1.28. The van der Waals surface area contributed by atoms with Crippen LogP contribution in [0.25, 0.3) is 11.0 Å². The van der Waals surface area contributed by atoms with E-state index in [9.17, 15) is 9.50 Å². The number of aromatic nitrogens is 3. The van der Waals surface area contributed by atoms with Gasteiger partial charge in [-0.2, -0.15) is 0 Å². The molecule has 3 rings (SSSR count). The van der Waals surface area contributed by atoms with Crippen LogP contribution in [-0.4, -0.2) is 49.7 Å². The number of hydrogen-bond donors (Lipinski definition) is 2. The molecule has 2 aromatic rings. The van der Waals surface area contributed by atoms with E-state index in [0.717, 1.165) is 0 Å². The number of alkyl halides is 1. The van der Waals surface area contributed by atoms with Crippen molar-refractivity contribution < 1.29 is 19.3 Å². The van der Waals surface area contributed by atoms with Crippen LogP contribution in [-0.2, 0) is 4.74 Å². The maximum absolute atomic E-state index is 14.0. The van der Waals surface area contributed by atoms with Gasteiger partial charge in [0.15, 0.2) is 12.4 Å². The molecule has 4 atom stereocenters. The molecule has 2 aromatic heterocycles. The molecule has 1 aliphatic heterocycles. The van der Waals surface area contributed by atoms with Crippen molar-refractivity contribution in [1.29, 1.82) is 0 Å². The van der Waals surface area contributed by atoms with E-state index in [1.807, 2.05) is 0 Å². The molecular formula is C11H11ClFN3O3. The third-order valence-corrected chi connectivity index (χ3v) is 3.51. The molecule has 8 heteroatoms. The molecule has 0 radical (unpaired) electrons. The van der Waals surface area contributed by atoms with Gasteiger partial charge in [0.2, 0.25) is 0 Å². The summed E-state index contributed by atoms with van der Waals surface area (Å²) in [6, 6.07) is 1.65. The molecule has 0 amide bonds. The van der Waals surface area contributed by atoms with Crippen molar-refractivity contribution in [3.63, 3.8) is 0 Å². The highest BCUT2D eigenvalue weighted by molar-refractivity contribution is 6.33. The number of rotatable bonds is 2. The van der Waals surface area contributed by atoms with Crippen LogP contribution in [0.3, 0.4) is 0 Å². The Morgan fingerprint density at radius 2 is 2.26 bits per heavy atom. The number of aliphatic hydroxyl groups is 2. The van der Waals surface area contributed by atoms with E-state index >= 15 is 0 Å². The summed E-state index contributed by atoms with van der Waals surface area (Å²) in [7, 11) is 0. The largest absolute Gasteiger partial charge is 0.394 e. The topological polar surface area (TPSA) is 80.4 Å². The van der Waals surface area contributed by atoms with Crippen molar-refractivity contribution in [2.75, 3.05) is 6.61 Å². The first kappa shape index (κ1) is 12.7. The van der Waals surface area contributed by atoms with Crippen molar-refractivity contribution in [2.45, 2.75) is 24.6 Å². The van der Waals surface area contributed by atoms with Crippen molar-refractivity contribution in [3.8, 4) is 0 Å². The first-order chi connectivity index (χ1) is 9.13. The molecule has 3 heterocycles. The zero-order valence-electron chi connectivity index (χ0n) is 9.65. The van der Waals surface area contributed by atoms with E-state index in [0.29, 0.717) is 11.0 Å². The molecule has 0 saturated carbocycles. The van der Waals surface area contributed by atoms with E-state index in [4.69, 9.17) is 21.4 Å². The second kappa shape index (κ2) is 4.68. The summed E-state index contributed by atoms with van der Waals surface area (Å²) in [4.78, 5) is 7.86. The summed E-state index contributed by atoms with van der Waals surface area (Å²) in [6.07, 6.45) is -2.19. The fourth-order valence-electron chi connectivity index (χ4n) is 2.22. The minimum Gasteiger partial charge on any atom is -0.394 e. The van der Waals surface area contributed by atoms with Gasteiger partial charge in [-0.1, -0.05) is 11.6 Å². The number of fused-ring (bicyclic) bond motifs is 1. The minimum atomic E-state index is -1.65. The Balaban J connectivity index is 2.04. The molecule has 2 N–H and O–H groups in total. The van der Waals surface area contributed by atoms with Gasteiger partial charge in [-0.05, 0) is 6.07 Å². The predicted molar refractivity (Wildman–Crippen MR) is 64.4 cm³/mol. The van der Waals surface area contributed by atoms with Crippen molar-refractivity contribution in [2.24, 2.45) is 0 Å². The minimum absolute atomic E-state index is 0.261. The average Bonchev–Trinajstić information content (AvgIpc) is 2.94. The summed E-state index contributed by atoms with van der Waals surface area (Å²) in [6.45, 7) is -0.451. The van der Waals surface area contributed by atoms with E-state index in [1.54, 1.807) is 12.3 Å². The predicted octanol–water partition coefficient (Wildman–Crippen LogP) is 0.673. The van der Waals surface area contributed by atoms with E-state index in [1.165, 1.54) is 10.9 Å². The number of halogens is 2. The van der Waals surface area contributed by atoms with Crippen LogP contribution in [0.15, 0.2) is 18.6 Å². The van der Waals surface area contributed by atoms with Crippen molar-refractivity contribution in [3.05, 3.63) is 23.7 Å². The van der Waals surface area contributed by atoms with Gasteiger partial charge in [-0.25, -0.2) is 14.4 Å². The van der Waals surface area contributed by atoms with Gasteiger partial charge >= 0.3 is 0 Å². The fraction of sp³-hybridized carbons (Fsp3) is 0.455. The monoisotopic (exact) mass is 287 g/mol. The van der Waals surface area contributed by atoms with Gasteiger partial charge in [0.1, 0.15) is 29.3 Å². The van der Waals surface area contributed by atoms with Gasteiger partial charge in [0.05, 0.1) is 12.0 Å². The Morgan fingerprint density at radius 1 is 1.47 bits per heavy atom. The second-order valence-electron chi connectivity index (χ2n) is 4.31. The molecule has 0 spiro atoms. The maximum atomic E-state index is 14.0. The molecule has 19 heavy (non-hydrogen) atoms. The average molecular weight is 288 g/mol. The molecule has 1 aliphatic rings. The highest BCUT2D eigenvalue weighted by atomic mass is 35.5. The van der Waals surface area contributed by atoms with Crippen molar-refractivity contribution in [1.82, 2.24) is 14.5 Å². The van der Waals surface area contributed by atoms with Crippen LogP contribution in [0, 0.1) is 0 Å². The quantitative estimate of drug-likeness (QED) is 0.794. The van der Waals surface area contributed by atoms with Crippen LogP contribution in [0.2, 0.25) is 5.15 Å². The highest BCUT2D eigenvalue weighted by Gasteiger charge is 2.45. The number of hydrogen-bond acceptors (Lipinski definition) is 5. The lowest BCUT2D eigenvalue weighted by Gasteiger charge is -2.15. The lowest BCUT2D eigenvalue weighted by Crippen LogP contribution is -2.30. The van der Waals surface area contributed by atoms with Crippen LogP contribution < -0.4 is 0 Å². The lowest BCUT2D eigenvalue weighted by atomic mass is 10.1. The number of ether oxygens (including phenoxy) is 1. The molecular weight excluding hydrogens is 277 g/mol. The lowest BCUT2D eigenvalue weighted by molar-refractivity contribution is -0.0457. The second-order valence-corrected chi connectivity index (χ2v) is 4.67. The van der Waals surface area contributed by atoms with Crippen LogP contribution in [0.4, 0.5) is 4.39 Å². The van der Waals surface area contributed by atoms with E-state index in [2.05, 4.69) is 9.97 Å². The molecule has 6 nitrogen and oxygen atoms in total. The Morgan fingerprint density at radius 3 is 2.95 bits per heavy atom. The van der Waals surface area contributed by atoms with Gasteiger partial charge in [-0.3, -0.25) is 0 Å². The smallest absolute Gasteiger partial charge is 0.173 e. The zero-order chi connectivity index (χ0) is 13.6. The first-order valence-corrected chi connectivity index (χ1v) is 6.06. The van der Waals surface area contributed by atoms with Gasteiger partial charge in [0.25, 0.3) is 0 Å². The molecule has 0 bridgehead atoms. The van der Waals surface area contributed by atoms with E-state index in [-0.39, 0.29) is 5.15 Å². The first-order valence-electron chi connectivity index (χ1n) is 5.69. The Labute approximate surface area is 112 Å². The third-order valence-electron chi connectivity index (χ3n) is 3.21. The summed E-state index contributed by atoms with van der Waals surface area (Å²) in [5.41, 5.74) is 0.415. The Bertz CT molecular complexity index is 608. The molecule has 1 fully saturated rings. The fourth-order valence-corrected chi connectivity index (χ4v) is 2.41. The van der Waals surface area contributed by atoms with Gasteiger partial charge < -0.3 is 19.5 Å². The van der Waals surface area contributed by atoms with Gasteiger partial charge in [-0.15, -0.1) is 0 Å². The molecule has 0 aromatic carbocycles.